The zero-order valence-corrected chi connectivity index (χ0v) is 11.4. The third kappa shape index (κ3) is 4.08. The topological polar surface area (TPSA) is 46.2 Å². The summed E-state index contributed by atoms with van der Waals surface area (Å²) >= 11 is 3.45. The molecule has 0 aliphatic heterocycles. The van der Waals surface area contributed by atoms with E-state index in [1.165, 1.54) is 5.56 Å². The molecule has 0 amide bonds. The van der Waals surface area contributed by atoms with E-state index >= 15 is 0 Å². The standard InChI is InChI=1S/C11H14BrNO2S/c1-3-16(14,15)13-7-6-10-5-4-9(2)8-11(10)12/h3-5,8,13H,1,6-7H2,2H3. The molecule has 1 aromatic rings. The number of sulfonamides is 1. The summed E-state index contributed by atoms with van der Waals surface area (Å²) < 4.78 is 25.6. The van der Waals surface area contributed by atoms with Gasteiger partial charge in [0, 0.05) is 16.4 Å². The minimum absolute atomic E-state index is 0.371. The molecule has 0 aliphatic rings. The second kappa shape index (κ2) is 5.61. The number of aryl methyl sites for hydroxylation is 1. The second-order valence-electron chi connectivity index (χ2n) is 3.45. The van der Waals surface area contributed by atoms with E-state index in [2.05, 4.69) is 27.2 Å². The van der Waals surface area contributed by atoms with E-state index in [9.17, 15) is 8.42 Å². The highest BCUT2D eigenvalue weighted by molar-refractivity contribution is 9.10. The summed E-state index contributed by atoms with van der Waals surface area (Å²) in [6, 6.07) is 6.00. The van der Waals surface area contributed by atoms with Crippen LogP contribution in [0.1, 0.15) is 11.1 Å². The van der Waals surface area contributed by atoms with Crippen LogP contribution in [0.25, 0.3) is 0 Å². The molecular formula is C11H14BrNO2S. The number of rotatable bonds is 5. The molecule has 0 radical (unpaired) electrons. The summed E-state index contributed by atoms with van der Waals surface area (Å²) in [6.07, 6.45) is 0.647. The molecule has 0 spiro atoms. The zero-order valence-electron chi connectivity index (χ0n) is 9.03. The second-order valence-corrected chi connectivity index (χ2v) is 6.02. The first-order valence-electron chi connectivity index (χ1n) is 4.82. The zero-order chi connectivity index (χ0) is 12.2. The largest absolute Gasteiger partial charge is 0.233 e. The first-order chi connectivity index (χ1) is 7.44. The molecule has 16 heavy (non-hydrogen) atoms. The summed E-state index contributed by atoms with van der Waals surface area (Å²) in [6.45, 7) is 5.61. The molecule has 0 aromatic heterocycles. The lowest BCUT2D eigenvalue weighted by molar-refractivity contribution is 0.591. The van der Waals surface area contributed by atoms with Crippen LogP contribution >= 0.6 is 15.9 Å². The van der Waals surface area contributed by atoms with Crippen LogP contribution in [0.2, 0.25) is 0 Å². The Morgan fingerprint density at radius 3 is 2.75 bits per heavy atom. The van der Waals surface area contributed by atoms with Crippen molar-refractivity contribution in [3.05, 3.63) is 45.8 Å². The fourth-order valence-corrected chi connectivity index (χ4v) is 2.44. The summed E-state index contributed by atoms with van der Waals surface area (Å²) in [5.74, 6) is 0. The first-order valence-corrected chi connectivity index (χ1v) is 7.15. The monoisotopic (exact) mass is 303 g/mol. The van der Waals surface area contributed by atoms with Gasteiger partial charge in [-0.1, -0.05) is 34.6 Å². The maximum absolute atomic E-state index is 11.1. The molecule has 1 N–H and O–H groups in total. The lowest BCUT2D eigenvalue weighted by Crippen LogP contribution is -2.23. The number of nitrogens with one attached hydrogen (secondary N) is 1. The van der Waals surface area contributed by atoms with Gasteiger partial charge in [-0.15, -0.1) is 0 Å². The van der Waals surface area contributed by atoms with Crippen molar-refractivity contribution in [3.63, 3.8) is 0 Å². The van der Waals surface area contributed by atoms with Crippen molar-refractivity contribution in [1.29, 1.82) is 0 Å². The molecule has 1 rings (SSSR count). The quantitative estimate of drug-likeness (QED) is 0.908. The Morgan fingerprint density at radius 1 is 1.50 bits per heavy atom. The van der Waals surface area contributed by atoms with E-state index in [0.717, 1.165) is 15.4 Å². The molecule has 3 nitrogen and oxygen atoms in total. The fourth-order valence-electron chi connectivity index (χ4n) is 1.24. The molecule has 0 atom stereocenters. The van der Waals surface area contributed by atoms with Crippen molar-refractivity contribution in [3.8, 4) is 0 Å². The average Bonchev–Trinajstić information content (AvgIpc) is 2.21. The number of hydrogen-bond donors (Lipinski definition) is 1. The summed E-state index contributed by atoms with van der Waals surface area (Å²) in [7, 11) is -3.31. The molecule has 0 fully saturated rings. The molecule has 0 unspecified atom stereocenters. The van der Waals surface area contributed by atoms with Crippen molar-refractivity contribution >= 4 is 26.0 Å². The molecular weight excluding hydrogens is 290 g/mol. The van der Waals surface area contributed by atoms with Crippen molar-refractivity contribution in [2.24, 2.45) is 0 Å². The number of hydrogen-bond acceptors (Lipinski definition) is 2. The molecule has 0 heterocycles. The summed E-state index contributed by atoms with van der Waals surface area (Å²) in [5.41, 5.74) is 2.25. The Bertz CT molecular complexity index is 483. The van der Waals surface area contributed by atoms with Crippen LogP contribution < -0.4 is 4.72 Å². The van der Waals surface area contributed by atoms with E-state index in [-0.39, 0.29) is 0 Å². The number of benzene rings is 1. The lowest BCUT2D eigenvalue weighted by atomic mass is 10.1. The predicted octanol–water partition coefficient (Wildman–Crippen LogP) is 2.36. The summed E-state index contributed by atoms with van der Waals surface area (Å²) in [4.78, 5) is 0. The van der Waals surface area contributed by atoms with Crippen molar-refractivity contribution in [1.82, 2.24) is 4.72 Å². The van der Waals surface area contributed by atoms with Gasteiger partial charge >= 0.3 is 0 Å². The van der Waals surface area contributed by atoms with Crippen LogP contribution in [-0.2, 0) is 16.4 Å². The van der Waals surface area contributed by atoms with Gasteiger partial charge in [-0.3, -0.25) is 0 Å². The van der Waals surface area contributed by atoms with E-state index in [1.807, 2.05) is 25.1 Å². The van der Waals surface area contributed by atoms with Gasteiger partial charge in [0.2, 0.25) is 10.0 Å². The third-order valence-electron chi connectivity index (χ3n) is 2.13. The van der Waals surface area contributed by atoms with Gasteiger partial charge in [0.15, 0.2) is 0 Å². The maximum Gasteiger partial charge on any atom is 0.233 e. The highest BCUT2D eigenvalue weighted by Crippen LogP contribution is 2.18. The Balaban J connectivity index is 2.59. The van der Waals surface area contributed by atoms with Crippen LogP contribution in [-0.4, -0.2) is 15.0 Å². The summed E-state index contributed by atoms with van der Waals surface area (Å²) in [5, 5.41) is 0.914. The fraction of sp³-hybridized carbons (Fsp3) is 0.273. The van der Waals surface area contributed by atoms with Crippen LogP contribution in [0.3, 0.4) is 0 Å². The van der Waals surface area contributed by atoms with Gasteiger partial charge in [-0.25, -0.2) is 13.1 Å². The van der Waals surface area contributed by atoms with Crippen LogP contribution in [0.15, 0.2) is 34.7 Å². The SMILES string of the molecule is C=CS(=O)(=O)NCCc1ccc(C)cc1Br. The van der Waals surface area contributed by atoms with Gasteiger partial charge < -0.3 is 0 Å². The Labute approximate surface area is 105 Å². The van der Waals surface area contributed by atoms with Crippen LogP contribution in [0.5, 0.6) is 0 Å². The van der Waals surface area contributed by atoms with Gasteiger partial charge in [-0.2, -0.15) is 0 Å². The third-order valence-corrected chi connectivity index (χ3v) is 3.91. The molecule has 88 valence electrons. The van der Waals surface area contributed by atoms with Crippen LogP contribution in [0, 0.1) is 6.92 Å². The Hall–Kier alpha value is -0.650. The van der Waals surface area contributed by atoms with E-state index < -0.39 is 10.0 Å². The van der Waals surface area contributed by atoms with E-state index in [1.54, 1.807) is 0 Å². The molecule has 0 aliphatic carbocycles. The highest BCUT2D eigenvalue weighted by atomic mass is 79.9. The first kappa shape index (κ1) is 13.4. The molecule has 1 aromatic carbocycles. The average molecular weight is 304 g/mol. The van der Waals surface area contributed by atoms with Gasteiger partial charge in [0.25, 0.3) is 0 Å². The van der Waals surface area contributed by atoms with Crippen molar-refractivity contribution < 1.29 is 8.42 Å². The highest BCUT2D eigenvalue weighted by Gasteiger charge is 2.04. The van der Waals surface area contributed by atoms with Gasteiger partial charge in [-0.05, 0) is 30.5 Å². The lowest BCUT2D eigenvalue weighted by Gasteiger charge is -2.06. The molecule has 0 saturated carbocycles. The van der Waals surface area contributed by atoms with Crippen LogP contribution in [0.4, 0.5) is 0 Å². The van der Waals surface area contributed by atoms with Gasteiger partial charge in [0.05, 0.1) is 0 Å². The molecule has 0 bridgehead atoms. The predicted molar refractivity (Wildman–Crippen MR) is 69.7 cm³/mol. The van der Waals surface area contributed by atoms with Crippen molar-refractivity contribution in [2.45, 2.75) is 13.3 Å². The minimum atomic E-state index is -3.31. The smallest absolute Gasteiger partial charge is 0.211 e. The number of halogens is 1. The van der Waals surface area contributed by atoms with Gasteiger partial charge in [0.1, 0.15) is 0 Å². The maximum atomic E-state index is 11.1. The normalized spacial score (nSPS) is 11.4. The van der Waals surface area contributed by atoms with E-state index in [4.69, 9.17) is 0 Å². The van der Waals surface area contributed by atoms with Crippen molar-refractivity contribution in [2.75, 3.05) is 6.54 Å². The Kier molecular flexibility index (Phi) is 4.70. The Morgan fingerprint density at radius 2 is 2.19 bits per heavy atom. The molecule has 5 heteroatoms. The minimum Gasteiger partial charge on any atom is -0.211 e. The molecule has 0 saturated heterocycles. The van der Waals surface area contributed by atoms with E-state index in [0.29, 0.717) is 13.0 Å².